The van der Waals surface area contributed by atoms with Crippen LogP contribution in [0.15, 0.2) is 91.1 Å². The number of nitrogens with one attached hydrogen (secondary N) is 2. The zero-order chi connectivity index (χ0) is 50.1. The number of hydrogen-bond acceptors (Lipinski definition) is 12. The molecule has 4 aromatic rings. The van der Waals surface area contributed by atoms with Crippen molar-refractivity contribution < 1.29 is 43.7 Å². The topological polar surface area (TPSA) is 254 Å². The number of pyridine rings is 1. The zero-order valence-corrected chi connectivity index (χ0v) is 40.0. The van der Waals surface area contributed by atoms with Crippen LogP contribution in [-0.2, 0) is 45.8 Å². The second-order valence-electron chi connectivity index (χ2n) is 21.8. The molecule has 8 N–H and O–H groups in total. The molecule has 18 heteroatoms. The fourth-order valence-corrected chi connectivity index (χ4v) is 17.6. The normalized spacial score (nSPS) is 34.3. The summed E-state index contributed by atoms with van der Waals surface area (Å²) in [5.74, 6) is -1.87. The Bertz CT molecular complexity index is 2850. The average molecular weight is 964 g/mol. The van der Waals surface area contributed by atoms with E-state index in [4.69, 9.17) is 21.2 Å². The summed E-state index contributed by atoms with van der Waals surface area (Å²) < 4.78 is 5.54. The molecule has 368 valence electrons. The van der Waals surface area contributed by atoms with Gasteiger partial charge < -0.3 is 36.2 Å². The third kappa shape index (κ3) is 4.69. The summed E-state index contributed by atoms with van der Waals surface area (Å²) in [7, 11) is 0. The lowest BCUT2D eigenvalue weighted by Crippen LogP contribution is -2.95. The molecule has 8 atom stereocenters. The van der Waals surface area contributed by atoms with Crippen molar-refractivity contribution >= 4 is 47.3 Å². The number of benzene rings is 3. The number of nitrogens with two attached hydrogens (primary N) is 2. The van der Waals surface area contributed by atoms with Gasteiger partial charge in [-0.05, 0) is 77.8 Å². The molecule has 4 bridgehead atoms. The van der Waals surface area contributed by atoms with E-state index in [-0.39, 0.29) is 38.8 Å². The van der Waals surface area contributed by atoms with Crippen molar-refractivity contribution in [2.75, 3.05) is 49.2 Å². The molecule has 10 aliphatic rings. The van der Waals surface area contributed by atoms with E-state index in [0.717, 1.165) is 41.2 Å². The summed E-state index contributed by atoms with van der Waals surface area (Å²) >= 11 is 0. The number of morpholine rings is 1. The Morgan fingerprint density at radius 2 is 1.01 bits per heavy atom. The maximum atomic E-state index is 15.6. The molecule has 18 nitrogen and oxygen atoms in total. The highest BCUT2D eigenvalue weighted by molar-refractivity contribution is 6.04. The lowest BCUT2D eigenvalue weighted by atomic mass is 9.37. The molecule has 2 spiro atoms. The summed E-state index contributed by atoms with van der Waals surface area (Å²) in [6.45, 7) is 10.7. The number of ether oxygens (including phenoxy) is 1. The maximum Gasteiger partial charge on any atom is 0.411 e. The first-order valence-electron chi connectivity index (χ1n) is 24.4. The number of carbonyl (C=O) groups excluding carboxylic acids is 4. The smallest absolute Gasteiger partial charge is 0.411 e. The molecule has 71 heavy (non-hydrogen) atoms. The molecular formula is C53H57N9O9. The van der Waals surface area contributed by atoms with E-state index in [2.05, 4.69) is 20.4 Å². The van der Waals surface area contributed by atoms with Crippen molar-refractivity contribution in [2.45, 2.75) is 98.4 Å². The summed E-state index contributed by atoms with van der Waals surface area (Å²) in [6, 6.07) is 25.2. The molecule has 1 aromatic heterocycles. The van der Waals surface area contributed by atoms with E-state index in [1.165, 1.54) is 0 Å². The van der Waals surface area contributed by atoms with E-state index in [1.54, 1.807) is 0 Å². The van der Waals surface area contributed by atoms with Crippen molar-refractivity contribution in [3.63, 3.8) is 0 Å². The molecule has 14 rings (SSSR count). The maximum absolute atomic E-state index is 15.6. The number of nitrogens with zero attached hydrogens (tertiary/aromatic N) is 5. The van der Waals surface area contributed by atoms with Crippen LogP contribution < -0.4 is 31.9 Å². The van der Waals surface area contributed by atoms with Gasteiger partial charge in [0, 0.05) is 54.5 Å². The first kappa shape index (κ1) is 45.3. The number of aromatic nitrogens is 1. The molecule has 7 heterocycles. The van der Waals surface area contributed by atoms with Gasteiger partial charge in [-0.25, -0.2) is 14.6 Å². The number of imide groups is 2. The number of fused-ring (bicyclic) bond motifs is 4. The number of carbonyl (C=O) groups is 6. The Morgan fingerprint density at radius 1 is 0.592 bits per heavy atom. The molecule has 4 unspecified atom stereocenters. The fourth-order valence-electron chi connectivity index (χ4n) is 17.6. The summed E-state index contributed by atoms with van der Waals surface area (Å²) in [6.07, 6.45) is -0.347. The van der Waals surface area contributed by atoms with Gasteiger partial charge in [-0.3, -0.25) is 39.6 Å². The fraction of sp³-hybridized carbons (Fsp3) is 0.453. The highest BCUT2D eigenvalue weighted by atomic mass is 16.5. The number of anilines is 2. The minimum Gasteiger partial charge on any atom is -0.465 e. The van der Waals surface area contributed by atoms with E-state index < -0.39 is 91.7 Å². The van der Waals surface area contributed by atoms with Crippen LogP contribution in [0.25, 0.3) is 11.1 Å². The zero-order valence-electron chi connectivity index (χ0n) is 40.0. The van der Waals surface area contributed by atoms with Crippen LogP contribution in [0.1, 0.15) is 75.6 Å². The summed E-state index contributed by atoms with van der Waals surface area (Å²) in [5.41, 5.74) is 7.41. The monoisotopic (exact) mass is 963 g/mol. The van der Waals surface area contributed by atoms with Gasteiger partial charge in [-0.1, -0.05) is 88.4 Å². The minimum absolute atomic E-state index is 0.194. The molecule has 3 aromatic carbocycles. The predicted octanol–water partition coefficient (Wildman–Crippen LogP) is 3.74. The van der Waals surface area contributed by atoms with Crippen LogP contribution >= 0.6 is 0 Å². The van der Waals surface area contributed by atoms with Crippen LogP contribution in [0.5, 0.6) is 0 Å². The standard InChI is InChI=1S/C53H57N9O9/c1-46(2)50(42(65)57-44(67)68,60-23-21-48(40(54)63)32-8-12-34(13-9-32)52(46,48)60)37-18-19-38(62(37)36-16-5-30(6-17-36)31-7-20-39(56-29-31)59-25-27-71-28-26-59)51(43(66)58-45(69)70)47(3,4)53-35-14-10-33(11-15-35)49(53,41(55)64)22-24-61(51)53/h5-17,20,29,37-38H,18-19,21-28H2,1-4H3,(H2,54,63)(H2,55,64)(H,57,65)(H,58,66)(H,67,68)(H,69,70)/t37-,38-,48?,49?,50?,51?,52-,53-/m0/s1. The largest absolute Gasteiger partial charge is 0.465 e. The van der Waals surface area contributed by atoms with Gasteiger partial charge >= 0.3 is 12.2 Å². The van der Waals surface area contributed by atoms with Gasteiger partial charge in [0.25, 0.3) is 11.8 Å². The molecule has 6 aliphatic heterocycles. The van der Waals surface area contributed by atoms with Crippen molar-refractivity contribution in [3.05, 3.63) is 113 Å². The molecule has 4 aliphatic carbocycles. The highest BCUT2D eigenvalue weighted by Crippen LogP contribution is 2.81. The van der Waals surface area contributed by atoms with Gasteiger partial charge in [0.1, 0.15) is 16.9 Å². The van der Waals surface area contributed by atoms with Gasteiger partial charge in [0.15, 0.2) is 0 Å². The van der Waals surface area contributed by atoms with Crippen molar-refractivity contribution in [1.29, 1.82) is 0 Å². The summed E-state index contributed by atoms with van der Waals surface area (Å²) in [5, 5.41) is 25.4. The Morgan fingerprint density at radius 3 is 1.41 bits per heavy atom. The second kappa shape index (κ2) is 14.4. The van der Waals surface area contributed by atoms with Crippen LogP contribution in [0, 0.1) is 10.8 Å². The van der Waals surface area contributed by atoms with E-state index in [1.807, 2.05) is 129 Å². The van der Waals surface area contributed by atoms with Crippen LogP contribution in [0.3, 0.4) is 0 Å². The molecular weight excluding hydrogens is 907 g/mol. The number of carboxylic acid groups (broad SMARTS) is 2. The molecule has 6 fully saturated rings. The molecule has 6 saturated heterocycles. The van der Waals surface area contributed by atoms with Crippen LogP contribution in [0.4, 0.5) is 21.1 Å². The van der Waals surface area contributed by atoms with Crippen molar-refractivity contribution in [2.24, 2.45) is 22.3 Å². The lowest BCUT2D eigenvalue weighted by molar-refractivity contribution is -0.270. The van der Waals surface area contributed by atoms with Gasteiger partial charge in [-0.2, -0.15) is 0 Å². The van der Waals surface area contributed by atoms with Crippen molar-refractivity contribution in [1.82, 2.24) is 25.4 Å². The first-order chi connectivity index (χ1) is 33.8. The van der Waals surface area contributed by atoms with Gasteiger partial charge in [-0.15, -0.1) is 0 Å². The number of rotatable bonds is 9. The van der Waals surface area contributed by atoms with Crippen LogP contribution in [-0.4, -0.2) is 123 Å². The lowest BCUT2D eigenvalue weighted by Gasteiger charge is -2.80. The Labute approximate surface area is 409 Å². The van der Waals surface area contributed by atoms with Gasteiger partial charge in [0.05, 0.1) is 47.2 Å². The Balaban J connectivity index is 1.06. The van der Waals surface area contributed by atoms with E-state index in [0.29, 0.717) is 30.0 Å². The van der Waals surface area contributed by atoms with Crippen molar-refractivity contribution in [3.8, 4) is 11.1 Å². The Kier molecular flexibility index (Phi) is 9.17. The molecule has 0 saturated carbocycles. The Hall–Kier alpha value is -6.89. The molecule has 0 radical (unpaired) electrons. The number of primary amides is 2. The second-order valence-corrected chi connectivity index (χ2v) is 21.8. The highest BCUT2D eigenvalue weighted by Gasteiger charge is 2.92. The van der Waals surface area contributed by atoms with E-state index >= 15 is 9.59 Å². The average Bonchev–Trinajstić information content (AvgIpc) is 4.07. The predicted molar refractivity (Wildman–Crippen MR) is 258 cm³/mol. The third-order valence-electron chi connectivity index (χ3n) is 19.5. The minimum atomic E-state index is -1.72. The quantitative estimate of drug-likeness (QED) is 0.140. The van der Waals surface area contributed by atoms with E-state index in [9.17, 15) is 29.4 Å². The third-order valence-corrected chi connectivity index (χ3v) is 19.5. The number of amides is 6. The first-order valence-corrected chi connectivity index (χ1v) is 24.4. The van der Waals surface area contributed by atoms with Crippen LogP contribution in [0.2, 0.25) is 0 Å². The summed E-state index contributed by atoms with van der Waals surface area (Å²) in [4.78, 5) is 98.4. The number of hydrogen-bond donors (Lipinski definition) is 6. The molecule has 6 amide bonds. The van der Waals surface area contributed by atoms with Gasteiger partial charge in [0.2, 0.25) is 11.8 Å². The SMILES string of the molecule is CC1(C)C(C(=O)NC(=O)O)([C@@H]2CC[C@@H](C3(C(=O)NC(=O)O)N4CCC5(C(N)=O)c6ccc(cc6)[C@@]45C3(C)C)N2c2ccc(-c3ccc(N4CCOCC4)nc3)cc2)N2CCC3(C(N)=O)c4ccc(cc4)[C@@]231.